The lowest BCUT2D eigenvalue weighted by molar-refractivity contribution is 0.00864. The van der Waals surface area contributed by atoms with Crippen LogP contribution < -0.4 is 5.32 Å². The van der Waals surface area contributed by atoms with E-state index < -0.39 is 19.5 Å². The van der Waals surface area contributed by atoms with Gasteiger partial charge in [0.05, 0.1) is 5.60 Å². The molecular formula is C16H33N2O5P. The van der Waals surface area contributed by atoms with Crippen LogP contribution in [0.5, 0.6) is 0 Å². The number of nitrogens with one attached hydrogen (secondary N) is 1. The van der Waals surface area contributed by atoms with Crippen LogP contribution in [0.2, 0.25) is 0 Å². The Labute approximate surface area is 146 Å². The summed E-state index contributed by atoms with van der Waals surface area (Å²) >= 11 is 0. The fraction of sp³-hybridized carbons (Fsp3) is 0.938. The van der Waals surface area contributed by atoms with E-state index in [1.165, 1.54) is 0 Å². The summed E-state index contributed by atoms with van der Waals surface area (Å²) in [6, 6.07) is 0.103. The van der Waals surface area contributed by atoms with Gasteiger partial charge in [0.2, 0.25) is 0 Å². The molecule has 7 nitrogen and oxygen atoms in total. The van der Waals surface area contributed by atoms with E-state index in [2.05, 4.69) is 10.2 Å². The summed E-state index contributed by atoms with van der Waals surface area (Å²) in [7, 11) is -2.96. The number of carbonyl (C=O) groups is 1. The van der Waals surface area contributed by atoms with Crippen LogP contribution in [0.3, 0.4) is 0 Å². The molecule has 0 saturated carbocycles. The first kappa shape index (κ1) is 21.4. The second-order valence-electron chi connectivity index (χ2n) is 7.45. The number of nitrogens with zero attached hydrogens (tertiary/aromatic N) is 1. The highest BCUT2D eigenvalue weighted by molar-refractivity contribution is 7.32. The minimum absolute atomic E-state index is 0.103. The molecule has 1 aliphatic heterocycles. The third-order valence-electron chi connectivity index (χ3n) is 4.41. The van der Waals surface area contributed by atoms with E-state index in [1.807, 2.05) is 34.6 Å². The van der Waals surface area contributed by atoms with Gasteiger partial charge in [-0.3, -0.25) is 4.57 Å². The summed E-state index contributed by atoms with van der Waals surface area (Å²) in [4.78, 5) is 23.2. The van der Waals surface area contributed by atoms with Gasteiger partial charge in [-0.05, 0) is 46.5 Å². The number of hydrogen-bond donors (Lipinski definition) is 2. The molecule has 0 spiro atoms. The summed E-state index contributed by atoms with van der Waals surface area (Å²) in [5.74, 6) is 0. The maximum atomic E-state index is 11.8. The van der Waals surface area contributed by atoms with Gasteiger partial charge in [-0.15, -0.1) is 0 Å². The maximum Gasteiger partial charge on any atom is 0.407 e. The molecule has 2 N–H and O–H groups in total. The van der Waals surface area contributed by atoms with Crippen molar-refractivity contribution in [2.24, 2.45) is 0 Å². The van der Waals surface area contributed by atoms with E-state index in [4.69, 9.17) is 14.2 Å². The number of alkyl carbamates (subject to hydrolysis) is 1. The molecule has 8 heteroatoms. The normalized spacial score (nSPS) is 19.1. The number of piperidine rings is 1. The van der Waals surface area contributed by atoms with Crippen molar-refractivity contribution in [2.75, 3.05) is 19.6 Å². The largest absolute Gasteiger partial charge is 0.444 e. The summed E-state index contributed by atoms with van der Waals surface area (Å²) in [5.41, 5.74) is -1.07. The van der Waals surface area contributed by atoms with Crippen LogP contribution in [0.15, 0.2) is 0 Å². The Morgan fingerprint density at radius 3 is 2.21 bits per heavy atom. The Morgan fingerprint density at radius 1 is 1.25 bits per heavy atom. The van der Waals surface area contributed by atoms with Crippen LogP contribution in [0, 0.1) is 0 Å². The molecule has 1 amide bonds. The van der Waals surface area contributed by atoms with Crippen LogP contribution in [0.1, 0.15) is 60.3 Å². The Morgan fingerprint density at radius 2 is 1.79 bits per heavy atom. The highest BCUT2D eigenvalue weighted by atomic mass is 31.1. The molecule has 0 aromatic rings. The van der Waals surface area contributed by atoms with Crippen LogP contribution in [-0.2, 0) is 13.8 Å². The van der Waals surface area contributed by atoms with Gasteiger partial charge in [-0.1, -0.05) is 13.8 Å². The molecule has 1 heterocycles. The Balaban J connectivity index is 2.47. The fourth-order valence-electron chi connectivity index (χ4n) is 2.95. The second kappa shape index (κ2) is 9.18. The van der Waals surface area contributed by atoms with Gasteiger partial charge in [0.15, 0.2) is 0 Å². The van der Waals surface area contributed by atoms with Crippen molar-refractivity contribution < 1.29 is 23.5 Å². The molecule has 0 aromatic heterocycles. The number of rotatable bonds is 7. The van der Waals surface area contributed by atoms with Crippen LogP contribution in [-0.4, -0.2) is 52.8 Å². The number of ether oxygens (including phenoxy) is 1. The van der Waals surface area contributed by atoms with Crippen molar-refractivity contribution in [1.82, 2.24) is 10.2 Å². The topological polar surface area (TPSA) is 88.1 Å². The number of likely N-dealkylation sites (tertiary alicyclic amines) is 1. The number of hydrogen-bond acceptors (Lipinski definition) is 5. The average Bonchev–Trinajstić information content (AvgIpc) is 2.46. The fourth-order valence-corrected chi connectivity index (χ4v) is 3.68. The quantitative estimate of drug-likeness (QED) is 0.675. The lowest BCUT2D eigenvalue weighted by Gasteiger charge is -2.39. The van der Waals surface area contributed by atoms with Crippen molar-refractivity contribution in [1.29, 1.82) is 0 Å². The van der Waals surface area contributed by atoms with Crippen LogP contribution in [0.4, 0.5) is 4.79 Å². The molecule has 1 saturated heterocycles. The lowest BCUT2D eigenvalue weighted by Crippen LogP contribution is -2.50. The Hall–Kier alpha value is -0.620. The Bertz CT molecular complexity index is 427. The maximum absolute atomic E-state index is 11.8. The van der Waals surface area contributed by atoms with Crippen molar-refractivity contribution in [2.45, 2.75) is 77.5 Å². The lowest BCUT2D eigenvalue weighted by atomic mass is 9.95. The van der Waals surface area contributed by atoms with E-state index in [1.54, 1.807) is 0 Å². The molecule has 1 atom stereocenters. The average molecular weight is 364 g/mol. The summed E-state index contributed by atoms with van der Waals surface area (Å²) < 4.78 is 21.8. The molecule has 24 heavy (non-hydrogen) atoms. The van der Waals surface area contributed by atoms with Gasteiger partial charge in [0.1, 0.15) is 5.60 Å². The van der Waals surface area contributed by atoms with Gasteiger partial charge in [0.25, 0.3) is 0 Å². The van der Waals surface area contributed by atoms with Crippen LogP contribution >= 0.6 is 8.25 Å². The van der Waals surface area contributed by atoms with Crippen molar-refractivity contribution in [3.63, 3.8) is 0 Å². The molecule has 0 bridgehead atoms. The molecule has 0 radical (unpaired) electrons. The molecule has 0 aliphatic carbocycles. The van der Waals surface area contributed by atoms with Crippen molar-refractivity contribution in [3.8, 4) is 0 Å². The first-order chi connectivity index (χ1) is 11.1. The summed E-state index contributed by atoms with van der Waals surface area (Å²) in [6.45, 7) is 11.8. The highest BCUT2D eigenvalue weighted by Gasteiger charge is 2.33. The molecular weight excluding hydrogens is 331 g/mol. The second-order valence-corrected chi connectivity index (χ2v) is 8.19. The molecule has 1 aliphatic rings. The van der Waals surface area contributed by atoms with E-state index in [9.17, 15) is 9.36 Å². The first-order valence-electron chi connectivity index (χ1n) is 8.73. The molecule has 1 unspecified atom stereocenters. The van der Waals surface area contributed by atoms with Gasteiger partial charge >= 0.3 is 14.3 Å². The Kier molecular flexibility index (Phi) is 8.20. The summed E-state index contributed by atoms with van der Waals surface area (Å²) in [6.07, 6.45) is 2.67. The zero-order valence-electron chi connectivity index (χ0n) is 15.6. The number of carbonyl (C=O) groups excluding carboxylic acids is 1. The van der Waals surface area contributed by atoms with Gasteiger partial charge < -0.3 is 24.4 Å². The van der Waals surface area contributed by atoms with Gasteiger partial charge in [-0.25, -0.2) is 4.79 Å². The minimum atomic E-state index is -2.96. The zero-order chi connectivity index (χ0) is 18.4. The van der Waals surface area contributed by atoms with E-state index in [-0.39, 0.29) is 12.1 Å². The SMILES string of the molecule is CCC(CC)(CN1CCC(NC(=O)OC(C)(C)C)CC1)O[PH](=O)O. The van der Waals surface area contributed by atoms with E-state index >= 15 is 0 Å². The molecule has 1 fully saturated rings. The third kappa shape index (κ3) is 7.51. The van der Waals surface area contributed by atoms with E-state index in [0.29, 0.717) is 19.4 Å². The first-order valence-corrected chi connectivity index (χ1v) is 9.99. The zero-order valence-corrected chi connectivity index (χ0v) is 16.6. The number of amides is 1. The van der Waals surface area contributed by atoms with E-state index in [0.717, 1.165) is 25.9 Å². The highest BCUT2D eigenvalue weighted by Crippen LogP contribution is 2.33. The van der Waals surface area contributed by atoms with Gasteiger partial charge in [-0.2, -0.15) is 0 Å². The molecule has 0 aromatic carbocycles. The molecule has 1 rings (SSSR count). The predicted molar refractivity (Wildman–Crippen MR) is 94.5 cm³/mol. The van der Waals surface area contributed by atoms with Crippen LogP contribution in [0.25, 0.3) is 0 Å². The summed E-state index contributed by atoms with van der Waals surface area (Å²) in [5, 5.41) is 2.91. The van der Waals surface area contributed by atoms with Crippen molar-refractivity contribution in [3.05, 3.63) is 0 Å². The predicted octanol–water partition coefficient (Wildman–Crippen LogP) is 2.93. The van der Waals surface area contributed by atoms with Gasteiger partial charge in [0, 0.05) is 25.7 Å². The smallest absolute Gasteiger partial charge is 0.407 e. The standard InChI is InChI=1S/C16H33N2O5P/c1-6-16(7-2,23-24(20)21)12-18-10-8-13(9-11-18)17-14(19)22-15(3,4)5/h13,24H,6-12H2,1-5H3,(H,17,19)(H,20,21). The monoisotopic (exact) mass is 364 g/mol. The van der Waals surface area contributed by atoms with Crippen molar-refractivity contribution >= 4 is 14.3 Å². The third-order valence-corrected chi connectivity index (χ3v) is 5.02. The minimum Gasteiger partial charge on any atom is -0.444 e. The molecule has 142 valence electrons.